The van der Waals surface area contributed by atoms with Gasteiger partial charge >= 0.3 is 0 Å². The largest absolute Gasteiger partial charge is 0.480 e. The van der Waals surface area contributed by atoms with Gasteiger partial charge < -0.3 is 14.2 Å². The summed E-state index contributed by atoms with van der Waals surface area (Å²) in [7, 11) is 1.58. The zero-order valence-corrected chi connectivity index (χ0v) is 15.5. The molecule has 6 heteroatoms. The molecule has 4 heterocycles. The van der Waals surface area contributed by atoms with E-state index in [0.717, 1.165) is 37.1 Å². The molecule has 0 N–H and O–H groups in total. The molecule has 2 bridgehead atoms. The fourth-order valence-electron chi connectivity index (χ4n) is 4.99. The van der Waals surface area contributed by atoms with Crippen LogP contribution >= 0.6 is 0 Å². The van der Waals surface area contributed by atoms with Crippen LogP contribution in [0.15, 0.2) is 29.1 Å². The maximum Gasteiger partial charge on any atom is 0.259 e. The summed E-state index contributed by atoms with van der Waals surface area (Å²) in [5.74, 6) is 0.959. The molecule has 3 aliphatic rings. The SMILES string of the molecule is COc1nc2c(cc1C(=O)N1C[C@@H]3C[C@@H](C1)c1cccc(=O)n1C3)CCC2. The van der Waals surface area contributed by atoms with Gasteiger partial charge in [0, 0.05) is 43.0 Å². The van der Waals surface area contributed by atoms with Crippen molar-refractivity contribution in [3.8, 4) is 5.88 Å². The van der Waals surface area contributed by atoms with E-state index in [1.807, 2.05) is 27.7 Å². The fourth-order valence-corrected chi connectivity index (χ4v) is 4.99. The predicted molar refractivity (Wildman–Crippen MR) is 100 cm³/mol. The summed E-state index contributed by atoms with van der Waals surface area (Å²) < 4.78 is 7.33. The zero-order valence-electron chi connectivity index (χ0n) is 15.5. The van der Waals surface area contributed by atoms with E-state index in [1.54, 1.807) is 13.2 Å². The third-order valence-corrected chi connectivity index (χ3v) is 6.21. The number of fused-ring (bicyclic) bond motifs is 5. The minimum atomic E-state index is -0.00419. The highest BCUT2D eigenvalue weighted by molar-refractivity contribution is 5.96. The van der Waals surface area contributed by atoms with Gasteiger partial charge in [0.15, 0.2) is 0 Å². The number of carbonyl (C=O) groups excluding carboxylic acids is 1. The lowest BCUT2D eigenvalue weighted by atomic mass is 9.83. The number of hydrogen-bond donors (Lipinski definition) is 0. The number of amides is 1. The van der Waals surface area contributed by atoms with Crippen LogP contribution in [0.2, 0.25) is 0 Å². The summed E-state index contributed by atoms with van der Waals surface area (Å²) in [6.45, 7) is 2.00. The van der Waals surface area contributed by atoms with Crippen molar-refractivity contribution in [1.82, 2.24) is 14.5 Å². The molecule has 2 atom stereocenters. The van der Waals surface area contributed by atoms with E-state index < -0.39 is 0 Å². The van der Waals surface area contributed by atoms with Crippen LogP contribution in [0.1, 0.15) is 46.1 Å². The molecule has 0 aromatic carbocycles. The van der Waals surface area contributed by atoms with Gasteiger partial charge in [-0.2, -0.15) is 0 Å². The van der Waals surface area contributed by atoms with Crippen LogP contribution < -0.4 is 10.3 Å². The fraction of sp³-hybridized carbons (Fsp3) is 0.476. The Morgan fingerprint density at radius 3 is 2.96 bits per heavy atom. The second kappa shape index (κ2) is 6.22. The number of ether oxygens (including phenoxy) is 1. The van der Waals surface area contributed by atoms with Gasteiger partial charge in [-0.05, 0) is 49.3 Å². The Labute approximate surface area is 157 Å². The predicted octanol–water partition coefficient (Wildman–Crippen LogP) is 2.00. The summed E-state index contributed by atoms with van der Waals surface area (Å²) in [5, 5.41) is 0. The zero-order chi connectivity index (χ0) is 18.5. The van der Waals surface area contributed by atoms with Gasteiger partial charge in [-0.1, -0.05) is 6.07 Å². The molecule has 140 valence electrons. The van der Waals surface area contributed by atoms with Crippen molar-refractivity contribution in [2.24, 2.45) is 5.92 Å². The van der Waals surface area contributed by atoms with E-state index in [0.29, 0.717) is 37.0 Å². The molecule has 2 aliphatic heterocycles. The van der Waals surface area contributed by atoms with Gasteiger partial charge in [0.05, 0.1) is 7.11 Å². The number of nitrogens with zero attached hydrogens (tertiary/aromatic N) is 3. The molecular weight excluding hydrogens is 342 g/mol. The van der Waals surface area contributed by atoms with Crippen molar-refractivity contribution >= 4 is 5.91 Å². The number of pyridine rings is 2. The van der Waals surface area contributed by atoms with Gasteiger partial charge in [-0.15, -0.1) is 0 Å². The first kappa shape index (κ1) is 16.5. The van der Waals surface area contributed by atoms with Gasteiger partial charge in [-0.25, -0.2) is 4.98 Å². The summed E-state index contributed by atoms with van der Waals surface area (Å²) in [6.07, 6.45) is 4.06. The summed E-state index contributed by atoms with van der Waals surface area (Å²) in [4.78, 5) is 32.0. The molecular formula is C21H23N3O3. The van der Waals surface area contributed by atoms with Crippen molar-refractivity contribution in [3.63, 3.8) is 0 Å². The minimum Gasteiger partial charge on any atom is -0.480 e. The van der Waals surface area contributed by atoms with Crippen LogP contribution in [0.5, 0.6) is 5.88 Å². The Morgan fingerprint density at radius 2 is 2.11 bits per heavy atom. The number of aryl methyl sites for hydroxylation is 2. The van der Waals surface area contributed by atoms with Crippen molar-refractivity contribution in [2.45, 2.75) is 38.1 Å². The highest BCUT2D eigenvalue weighted by Crippen LogP contribution is 2.36. The number of piperidine rings is 1. The Balaban J connectivity index is 1.47. The molecule has 1 fully saturated rings. The Kier molecular flexibility index (Phi) is 3.81. The average Bonchev–Trinajstić information content (AvgIpc) is 3.14. The molecule has 1 saturated heterocycles. The molecule has 0 radical (unpaired) electrons. The lowest BCUT2D eigenvalue weighted by molar-refractivity contribution is 0.0590. The molecule has 2 aromatic heterocycles. The van der Waals surface area contributed by atoms with E-state index in [9.17, 15) is 9.59 Å². The van der Waals surface area contributed by atoms with Crippen molar-refractivity contribution in [3.05, 3.63) is 57.1 Å². The van der Waals surface area contributed by atoms with Crippen LogP contribution in [0.3, 0.4) is 0 Å². The number of rotatable bonds is 2. The first-order chi connectivity index (χ1) is 13.1. The van der Waals surface area contributed by atoms with E-state index in [4.69, 9.17) is 4.74 Å². The lowest BCUT2D eigenvalue weighted by Crippen LogP contribution is -2.49. The van der Waals surface area contributed by atoms with Crippen molar-refractivity contribution < 1.29 is 9.53 Å². The molecule has 0 saturated carbocycles. The summed E-state index contributed by atoms with van der Waals surface area (Å²) in [5.41, 5.74) is 3.92. The summed E-state index contributed by atoms with van der Waals surface area (Å²) in [6, 6.07) is 7.45. The van der Waals surface area contributed by atoms with Crippen molar-refractivity contribution in [2.75, 3.05) is 20.2 Å². The third kappa shape index (κ3) is 2.66. The average molecular weight is 365 g/mol. The van der Waals surface area contributed by atoms with Gasteiger partial charge in [0.1, 0.15) is 5.56 Å². The Bertz CT molecular complexity index is 981. The van der Waals surface area contributed by atoms with Gasteiger partial charge in [0.25, 0.3) is 11.5 Å². The van der Waals surface area contributed by atoms with E-state index in [-0.39, 0.29) is 17.4 Å². The van der Waals surface area contributed by atoms with Crippen LogP contribution in [0.25, 0.3) is 0 Å². The van der Waals surface area contributed by atoms with Gasteiger partial charge in [-0.3, -0.25) is 9.59 Å². The number of methoxy groups -OCH3 is 1. The van der Waals surface area contributed by atoms with Crippen molar-refractivity contribution in [1.29, 1.82) is 0 Å². The highest BCUT2D eigenvalue weighted by Gasteiger charge is 2.37. The quantitative estimate of drug-likeness (QED) is 0.817. The maximum absolute atomic E-state index is 13.3. The second-order valence-corrected chi connectivity index (χ2v) is 7.91. The highest BCUT2D eigenvalue weighted by atomic mass is 16.5. The maximum atomic E-state index is 13.3. The molecule has 2 aromatic rings. The monoisotopic (exact) mass is 365 g/mol. The van der Waals surface area contributed by atoms with Crippen LogP contribution in [0.4, 0.5) is 0 Å². The Morgan fingerprint density at radius 1 is 1.22 bits per heavy atom. The van der Waals surface area contributed by atoms with Gasteiger partial charge in [0.2, 0.25) is 5.88 Å². The molecule has 0 unspecified atom stereocenters. The topological polar surface area (TPSA) is 64.4 Å². The number of likely N-dealkylation sites (tertiary alicyclic amines) is 1. The summed E-state index contributed by atoms with van der Waals surface area (Å²) >= 11 is 0. The van der Waals surface area contributed by atoms with E-state index in [2.05, 4.69) is 4.98 Å². The molecule has 0 spiro atoms. The number of aromatic nitrogens is 2. The van der Waals surface area contributed by atoms with Crippen LogP contribution in [-0.2, 0) is 19.4 Å². The minimum absolute atomic E-state index is 0.00419. The first-order valence-corrected chi connectivity index (χ1v) is 9.70. The molecule has 1 amide bonds. The van der Waals surface area contributed by atoms with Crippen LogP contribution in [-0.4, -0.2) is 40.6 Å². The Hall–Kier alpha value is -2.63. The van der Waals surface area contributed by atoms with Crippen LogP contribution in [0, 0.1) is 5.92 Å². The normalized spacial score (nSPS) is 22.9. The van der Waals surface area contributed by atoms with E-state index >= 15 is 0 Å². The lowest BCUT2D eigenvalue weighted by Gasteiger charge is -2.42. The van der Waals surface area contributed by atoms with E-state index in [1.165, 1.54) is 5.56 Å². The molecule has 6 nitrogen and oxygen atoms in total. The molecule has 5 rings (SSSR count). The second-order valence-electron chi connectivity index (χ2n) is 7.91. The molecule has 1 aliphatic carbocycles. The first-order valence-electron chi connectivity index (χ1n) is 9.70. The smallest absolute Gasteiger partial charge is 0.259 e. The number of hydrogen-bond acceptors (Lipinski definition) is 4. The third-order valence-electron chi connectivity index (χ3n) is 6.21. The standard InChI is InChI=1S/C21H23N3O3/c1-27-20-16(9-14-4-2-5-17(14)22-20)21(26)23-10-13-8-15(12-23)18-6-3-7-19(25)24(18)11-13/h3,6-7,9,13,15H,2,4-5,8,10-12H2,1H3/t13-,15-/m0/s1. The number of carbonyl (C=O) groups is 1. The molecule has 27 heavy (non-hydrogen) atoms.